The van der Waals surface area contributed by atoms with E-state index in [9.17, 15) is 13.6 Å². The van der Waals surface area contributed by atoms with Crippen LogP contribution in [0.25, 0.3) is 6.08 Å². The molecule has 0 aromatic heterocycles. The monoisotopic (exact) mass is 347 g/mol. The van der Waals surface area contributed by atoms with E-state index in [4.69, 9.17) is 4.74 Å². The number of carbonyl (C=O) groups excluding carboxylic acids is 1. The Labute approximate surface area is 145 Å². The highest BCUT2D eigenvalue weighted by Crippen LogP contribution is 2.15. The lowest BCUT2D eigenvalue weighted by atomic mass is 10.1. The number of benzene rings is 2. The number of alkyl halides is 2. The molecule has 0 spiro atoms. The molecule has 4 nitrogen and oxygen atoms in total. The van der Waals surface area contributed by atoms with E-state index < -0.39 is 6.61 Å². The smallest absolute Gasteiger partial charge is 0.387 e. The summed E-state index contributed by atoms with van der Waals surface area (Å²) in [5, 5.41) is 2.77. The van der Waals surface area contributed by atoms with Crippen LogP contribution in [0.2, 0.25) is 0 Å². The Kier molecular flexibility index (Phi) is 6.95. The molecule has 1 amide bonds. The van der Waals surface area contributed by atoms with Crippen LogP contribution in [0.15, 0.2) is 54.6 Å². The quantitative estimate of drug-likeness (QED) is 0.741. The van der Waals surface area contributed by atoms with Crippen molar-refractivity contribution in [2.24, 2.45) is 0 Å². The molecule has 0 aliphatic carbocycles. The zero-order valence-electron chi connectivity index (χ0n) is 13.7. The van der Waals surface area contributed by atoms with Gasteiger partial charge < -0.3 is 14.8 Å². The van der Waals surface area contributed by atoms with Crippen molar-refractivity contribution in [3.8, 4) is 11.5 Å². The summed E-state index contributed by atoms with van der Waals surface area (Å²) in [6.45, 7) is -2.39. The predicted octanol–water partition coefficient (Wildman–Crippen LogP) is 3.67. The van der Waals surface area contributed by atoms with Gasteiger partial charge in [0, 0.05) is 12.6 Å². The number of halogens is 2. The maximum Gasteiger partial charge on any atom is 0.387 e. The standard InChI is InChI=1S/C19H19F2NO3/c1-24-17-4-2-3-15(13-17)7-10-18(23)22-12-11-14-5-8-16(9-6-14)25-19(20)21/h2-10,13,19H,11-12H2,1H3,(H,22,23)/b10-7+. The Bertz CT molecular complexity index is 715. The van der Waals surface area contributed by atoms with Gasteiger partial charge in [-0.05, 0) is 47.9 Å². The van der Waals surface area contributed by atoms with E-state index in [1.807, 2.05) is 24.3 Å². The van der Waals surface area contributed by atoms with Crippen LogP contribution < -0.4 is 14.8 Å². The highest BCUT2D eigenvalue weighted by Gasteiger charge is 2.04. The fourth-order valence-corrected chi connectivity index (χ4v) is 2.14. The Morgan fingerprint density at radius 3 is 2.60 bits per heavy atom. The van der Waals surface area contributed by atoms with Crippen molar-refractivity contribution in [3.63, 3.8) is 0 Å². The van der Waals surface area contributed by atoms with E-state index in [-0.39, 0.29) is 11.7 Å². The molecule has 0 unspecified atom stereocenters. The maximum atomic E-state index is 12.1. The van der Waals surface area contributed by atoms with Crippen LogP contribution in [0.3, 0.4) is 0 Å². The molecule has 2 rings (SSSR count). The Hall–Kier alpha value is -2.89. The van der Waals surface area contributed by atoms with Crippen LogP contribution in [0.4, 0.5) is 8.78 Å². The van der Waals surface area contributed by atoms with Gasteiger partial charge in [-0.1, -0.05) is 24.3 Å². The van der Waals surface area contributed by atoms with E-state index in [0.717, 1.165) is 16.9 Å². The second kappa shape index (κ2) is 9.42. The number of hydrogen-bond donors (Lipinski definition) is 1. The third kappa shape index (κ3) is 6.63. The number of carbonyl (C=O) groups is 1. The van der Waals surface area contributed by atoms with E-state index >= 15 is 0 Å². The molecule has 0 radical (unpaired) electrons. The number of methoxy groups -OCH3 is 1. The van der Waals surface area contributed by atoms with Gasteiger partial charge in [-0.3, -0.25) is 4.79 Å². The highest BCUT2D eigenvalue weighted by atomic mass is 19.3. The summed E-state index contributed by atoms with van der Waals surface area (Å²) in [7, 11) is 1.59. The molecule has 0 atom stereocenters. The van der Waals surface area contributed by atoms with Crippen LogP contribution in [-0.2, 0) is 11.2 Å². The summed E-state index contributed by atoms with van der Waals surface area (Å²) in [6.07, 6.45) is 3.75. The van der Waals surface area contributed by atoms with E-state index in [1.54, 1.807) is 25.3 Å². The van der Waals surface area contributed by atoms with Crippen molar-refractivity contribution < 1.29 is 23.0 Å². The summed E-state index contributed by atoms with van der Waals surface area (Å²) in [5.41, 5.74) is 1.78. The molecule has 25 heavy (non-hydrogen) atoms. The minimum atomic E-state index is -2.83. The molecule has 0 aliphatic rings. The zero-order valence-corrected chi connectivity index (χ0v) is 13.7. The van der Waals surface area contributed by atoms with E-state index in [2.05, 4.69) is 10.1 Å². The lowest BCUT2D eigenvalue weighted by molar-refractivity contribution is -0.116. The number of hydrogen-bond acceptors (Lipinski definition) is 3. The molecular formula is C19H19F2NO3. The van der Waals surface area contributed by atoms with E-state index in [0.29, 0.717) is 13.0 Å². The molecule has 0 bridgehead atoms. The fourth-order valence-electron chi connectivity index (χ4n) is 2.14. The molecule has 132 valence electrons. The van der Waals surface area contributed by atoms with Gasteiger partial charge in [0.25, 0.3) is 0 Å². The normalized spacial score (nSPS) is 10.9. The number of amides is 1. The Morgan fingerprint density at radius 2 is 1.92 bits per heavy atom. The first-order valence-electron chi connectivity index (χ1n) is 7.70. The Balaban J connectivity index is 1.77. The van der Waals surface area contributed by atoms with Crippen molar-refractivity contribution >= 4 is 12.0 Å². The predicted molar refractivity (Wildman–Crippen MR) is 91.8 cm³/mol. The number of ether oxygens (including phenoxy) is 2. The van der Waals surface area contributed by atoms with Crippen molar-refractivity contribution in [1.29, 1.82) is 0 Å². The molecule has 2 aromatic carbocycles. The second-order valence-electron chi connectivity index (χ2n) is 5.17. The summed E-state index contributed by atoms with van der Waals surface area (Å²) in [4.78, 5) is 11.8. The van der Waals surface area contributed by atoms with Gasteiger partial charge in [0.2, 0.25) is 5.91 Å². The van der Waals surface area contributed by atoms with Crippen molar-refractivity contribution in [3.05, 3.63) is 65.7 Å². The third-order valence-electron chi connectivity index (χ3n) is 3.38. The van der Waals surface area contributed by atoms with Crippen molar-refractivity contribution in [2.75, 3.05) is 13.7 Å². The maximum absolute atomic E-state index is 12.1. The molecule has 0 saturated heterocycles. The first-order chi connectivity index (χ1) is 12.1. The van der Waals surface area contributed by atoms with Gasteiger partial charge >= 0.3 is 6.61 Å². The van der Waals surface area contributed by atoms with Crippen LogP contribution in [0.1, 0.15) is 11.1 Å². The lowest BCUT2D eigenvalue weighted by Gasteiger charge is -2.06. The molecule has 0 fully saturated rings. The molecule has 2 aromatic rings. The van der Waals surface area contributed by atoms with E-state index in [1.165, 1.54) is 18.2 Å². The van der Waals surface area contributed by atoms with Gasteiger partial charge in [0.15, 0.2) is 0 Å². The largest absolute Gasteiger partial charge is 0.497 e. The van der Waals surface area contributed by atoms with Crippen molar-refractivity contribution in [1.82, 2.24) is 5.32 Å². The molecule has 0 saturated carbocycles. The van der Waals surface area contributed by atoms with Crippen molar-refractivity contribution in [2.45, 2.75) is 13.0 Å². The molecular weight excluding hydrogens is 328 g/mol. The number of rotatable bonds is 8. The minimum Gasteiger partial charge on any atom is -0.497 e. The van der Waals surface area contributed by atoms with Gasteiger partial charge in [-0.25, -0.2) is 0 Å². The average molecular weight is 347 g/mol. The second-order valence-corrected chi connectivity index (χ2v) is 5.17. The van der Waals surface area contributed by atoms with Crippen LogP contribution in [-0.4, -0.2) is 26.2 Å². The fraction of sp³-hybridized carbons (Fsp3) is 0.211. The van der Waals surface area contributed by atoms with Gasteiger partial charge in [0.1, 0.15) is 11.5 Å². The van der Waals surface area contributed by atoms with Gasteiger partial charge in [0.05, 0.1) is 7.11 Å². The van der Waals surface area contributed by atoms with Gasteiger partial charge in [-0.15, -0.1) is 0 Å². The number of nitrogens with one attached hydrogen (secondary N) is 1. The first-order valence-corrected chi connectivity index (χ1v) is 7.70. The SMILES string of the molecule is COc1cccc(/C=C/C(=O)NCCc2ccc(OC(F)F)cc2)c1. The minimum absolute atomic E-state index is 0.115. The third-order valence-corrected chi connectivity index (χ3v) is 3.38. The van der Waals surface area contributed by atoms with Crippen LogP contribution >= 0.6 is 0 Å². The summed E-state index contributed by atoms with van der Waals surface area (Å²) in [5.74, 6) is 0.631. The topological polar surface area (TPSA) is 47.6 Å². The highest BCUT2D eigenvalue weighted by molar-refractivity contribution is 5.91. The summed E-state index contributed by atoms with van der Waals surface area (Å²) >= 11 is 0. The van der Waals surface area contributed by atoms with Crippen LogP contribution in [0, 0.1) is 0 Å². The molecule has 0 heterocycles. The van der Waals surface area contributed by atoms with Gasteiger partial charge in [-0.2, -0.15) is 8.78 Å². The summed E-state index contributed by atoms with van der Waals surface area (Å²) in [6, 6.07) is 13.7. The average Bonchev–Trinajstić information content (AvgIpc) is 2.61. The first kappa shape index (κ1) is 18.4. The zero-order chi connectivity index (χ0) is 18.1. The Morgan fingerprint density at radius 1 is 1.16 bits per heavy atom. The summed E-state index contributed by atoms with van der Waals surface area (Å²) < 4.78 is 33.5. The molecule has 1 N–H and O–H groups in total. The molecule has 6 heteroatoms. The van der Waals surface area contributed by atoms with Crippen LogP contribution in [0.5, 0.6) is 11.5 Å². The molecule has 0 aliphatic heterocycles. The lowest BCUT2D eigenvalue weighted by Crippen LogP contribution is -2.23.